The largest absolute Gasteiger partial charge is 0.374 e. The minimum Gasteiger partial charge on any atom is -0.374 e. The predicted molar refractivity (Wildman–Crippen MR) is 61.3 cm³/mol. The van der Waals surface area contributed by atoms with Crippen LogP contribution in [0.3, 0.4) is 0 Å². The standard InChI is InChI=1S/C13H22O/c1-4-7-9-13-11(6-3)10-12(14-13)8-5-2/h5-6,11-13H,2-4,7-10H2,1H3/t11-,12-,13+/m0/s1. The van der Waals surface area contributed by atoms with Gasteiger partial charge in [-0.05, 0) is 19.3 Å². The van der Waals surface area contributed by atoms with E-state index < -0.39 is 0 Å². The van der Waals surface area contributed by atoms with Gasteiger partial charge in [0, 0.05) is 5.92 Å². The molecular formula is C13H22O. The van der Waals surface area contributed by atoms with E-state index >= 15 is 0 Å². The zero-order chi connectivity index (χ0) is 10.4. The molecule has 3 atom stereocenters. The van der Waals surface area contributed by atoms with E-state index in [0.717, 1.165) is 12.8 Å². The monoisotopic (exact) mass is 194 g/mol. The van der Waals surface area contributed by atoms with Crippen molar-refractivity contribution in [3.8, 4) is 0 Å². The van der Waals surface area contributed by atoms with Crippen molar-refractivity contribution in [3.63, 3.8) is 0 Å². The molecule has 0 aromatic heterocycles. The Labute approximate surface area is 87.8 Å². The van der Waals surface area contributed by atoms with Crippen LogP contribution in [0.25, 0.3) is 0 Å². The van der Waals surface area contributed by atoms with Gasteiger partial charge in [-0.25, -0.2) is 0 Å². The lowest BCUT2D eigenvalue weighted by atomic mass is 9.95. The first-order chi connectivity index (χ1) is 6.81. The van der Waals surface area contributed by atoms with Crippen LogP contribution >= 0.6 is 0 Å². The Morgan fingerprint density at radius 3 is 2.79 bits per heavy atom. The summed E-state index contributed by atoms with van der Waals surface area (Å²) in [5, 5.41) is 0. The molecule has 0 aliphatic carbocycles. The molecule has 1 nitrogen and oxygen atoms in total. The highest BCUT2D eigenvalue weighted by molar-refractivity contribution is 4.94. The third-order valence-electron chi connectivity index (χ3n) is 2.95. The van der Waals surface area contributed by atoms with Crippen molar-refractivity contribution in [3.05, 3.63) is 25.3 Å². The first-order valence-electron chi connectivity index (χ1n) is 5.70. The molecule has 0 spiro atoms. The fourth-order valence-corrected chi connectivity index (χ4v) is 2.13. The summed E-state index contributed by atoms with van der Waals surface area (Å²) in [6, 6.07) is 0. The van der Waals surface area contributed by atoms with Crippen molar-refractivity contribution < 1.29 is 4.74 Å². The van der Waals surface area contributed by atoms with E-state index in [1.807, 2.05) is 6.08 Å². The summed E-state index contributed by atoms with van der Waals surface area (Å²) in [5.74, 6) is 0.562. The van der Waals surface area contributed by atoms with Crippen molar-refractivity contribution in [2.75, 3.05) is 0 Å². The molecule has 1 aliphatic rings. The minimum absolute atomic E-state index is 0.386. The van der Waals surface area contributed by atoms with E-state index in [0.29, 0.717) is 18.1 Å². The minimum atomic E-state index is 0.386. The summed E-state index contributed by atoms with van der Waals surface area (Å²) in [4.78, 5) is 0. The summed E-state index contributed by atoms with van der Waals surface area (Å²) < 4.78 is 5.96. The third-order valence-corrected chi connectivity index (χ3v) is 2.95. The van der Waals surface area contributed by atoms with Gasteiger partial charge in [0.15, 0.2) is 0 Å². The van der Waals surface area contributed by atoms with E-state index in [1.54, 1.807) is 0 Å². The maximum absolute atomic E-state index is 5.96. The molecule has 14 heavy (non-hydrogen) atoms. The first-order valence-corrected chi connectivity index (χ1v) is 5.70. The molecule has 0 aromatic carbocycles. The average Bonchev–Trinajstić information content (AvgIpc) is 2.58. The number of rotatable bonds is 6. The van der Waals surface area contributed by atoms with Crippen LogP contribution in [-0.4, -0.2) is 12.2 Å². The number of hydrogen-bond acceptors (Lipinski definition) is 1. The average molecular weight is 194 g/mol. The van der Waals surface area contributed by atoms with E-state index in [1.165, 1.54) is 19.3 Å². The molecule has 0 radical (unpaired) electrons. The molecule has 0 N–H and O–H groups in total. The van der Waals surface area contributed by atoms with Gasteiger partial charge in [0.25, 0.3) is 0 Å². The normalized spacial score (nSPS) is 31.6. The molecule has 0 unspecified atom stereocenters. The van der Waals surface area contributed by atoms with Crippen LogP contribution in [0.1, 0.15) is 39.0 Å². The second kappa shape index (κ2) is 6.02. The predicted octanol–water partition coefficient (Wildman–Crippen LogP) is 3.71. The van der Waals surface area contributed by atoms with Crippen molar-refractivity contribution in [1.29, 1.82) is 0 Å². The highest BCUT2D eigenvalue weighted by atomic mass is 16.5. The van der Waals surface area contributed by atoms with Crippen LogP contribution in [0.2, 0.25) is 0 Å². The van der Waals surface area contributed by atoms with Crippen LogP contribution in [0.5, 0.6) is 0 Å². The van der Waals surface area contributed by atoms with Gasteiger partial charge < -0.3 is 4.74 Å². The topological polar surface area (TPSA) is 9.23 Å². The number of hydrogen-bond donors (Lipinski definition) is 0. The van der Waals surface area contributed by atoms with Gasteiger partial charge in [-0.15, -0.1) is 13.2 Å². The van der Waals surface area contributed by atoms with E-state index in [9.17, 15) is 0 Å². The molecule has 1 fully saturated rings. The lowest BCUT2D eigenvalue weighted by Crippen LogP contribution is -2.14. The highest BCUT2D eigenvalue weighted by Crippen LogP contribution is 2.32. The fraction of sp³-hybridized carbons (Fsp3) is 0.692. The number of unbranched alkanes of at least 4 members (excludes halogenated alkanes) is 1. The smallest absolute Gasteiger partial charge is 0.0642 e. The van der Waals surface area contributed by atoms with Gasteiger partial charge in [0.2, 0.25) is 0 Å². The maximum atomic E-state index is 5.96. The van der Waals surface area contributed by atoms with Gasteiger partial charge in [-0.3, -0.25) is 0 Å². The first kappa shape index (κ1) is 11.5. The Hall–Kier alpha value is -0.560. The van der Waals surface area contributed by atoms with Gasteiger partial charge in [0.05, 0.1) is 12.2 Å². The summed E-state index contributed by atoms with van der Waals surface area (Å²) >= 11 is 0. The Kier molecular flexibility index (Phi) is 4.95. The molecule has 1 heterocycles. The molecule has 0 bridgehead atoms. The van der Waals surface area contributed by atoms with Crippen molar-refractivity contribution in [1.82, 2.24) is 0 Å². The number of ether oxygens (including phenoxy) is 1. The Morgan fingerprint density at radius 1 is 1.43 bits per heavy atom. The fourth-order valence-electron chi connectivity index (χ4n) is 2.13. The van der Waals surface area contributed by atoms with E-state index in [-0.39, 0.29) is 0 Å². The van der Waals surface area contributed by atoms with Crippen molar-refractivity contribution in [2.24, 2.45) is 5.92 Å². The molecule has 0 aromatic rings. The molecule has 0 saturated carbocycles. The Morgan fingerprint density at radius 2 is 2.21 bits per heavy atom. The highest BCUT2D eigenvalue weighted by Gasteiger charge is 2.31. The van der Waals surface area contributed by atoms with Crippen LogP contribution in [0.4, 0.5) is 0 Å². The van der Waals surface area contributed by atoms with Crippen molar-refractivity contribution >= 4 is 0 Å². The summed E-state index contributed by atoms with van der Waals surface area (Å²) in [6.07, 6.45) is 10.6. The van der Waals surface area contributed by atoms with Gasteiger partial charge in [-0.2, -0.15) is 0 Å². The molecule has 1 saturated heterocycles. The van der Waals surface area contributed by atoms with Crippen LogP contribution in [0.15, 0.2) is 25.3 Å². The SMILES string of the molecule is C=CC[C@H]1C[C@H](C=C)[C@@H](CCCC)O1. The molecule has 0 amide bonds. The van der Waals surface area contributed by atoms with Crippen LogP contribution < -0.4 is 0 Å². The quantitative estimate of drug-likeness (QED) is 0.586. The Balaban J connectivity index is 2.40. The summed E-state index contributed by atoms with van der Waals surface area (Å²) in [6.45, 7) is 9.87. The third kappa shape index (κ3) is 2.98. The molecule has 1 heteroatoms. The van der Waals surface area contributed by atoms with Crippen LogP contribution in [-0.2, 0) is 4.74 Å². The molecular weight excluding hydrogens is 172 g/mol. The second-order valence-electron chi connectivity index (χ2n) is 4.10. The van der Waals surface area contributed by atoms with Crippen molar-refractivity contribution in [2.45, 2.75) is 51.2 Å². The summed E-state index contributed by atoms with van der Waals surface area (Å²) in [7, 11) is 0. The zero-order valence-electron chi connectivity index (χ0n) is 9.24. The zero-order valence-corrected chi connectivity index (χ0v) is 9.24. The lowest BCUT2D eigenvalue weighted by Gasteiger charge is -2.14. The van der Waals surface area contributed by atoms with Gasteiger partial charge in [-0.1, -0.05) is 31.9 Å². The summed E-state index contributed by atoms with van der Waals surface area (Å²) in [5.41, 5.74) is 0. The van der Waals surface area contributed by atoms with Crippen LogP contribution in [0, 0.1) is 5.92 Å². The van der Waals surface area contributed by atoms with Gasteiger partial charge >= 0.3 is 0 Å². The lowest BCUT2D eigenvalue weighted by molar-refractivity contribution is 0.0346. The molecule has 1 aliphatic heterocycles. The second-order valence-corrected chi connectivity index (χ2v) is 4.10. The van der Waals surface area contributed by atoms with E-state index in [2.05, 4.69) is 26.2 Å². The maximum Gasteiger partial charge on any atom is 0.0642 e. The molecule has 1 rings (SSSR count). The van der Waals surface area contributed by atoms with Gasteiger partial charge in [0.1, 0.15) is 0 Å². The Bertz CT molecular complexity index is 186. The molecule has 80 valence electrons. The van der Waals surface area contributed by atoms with E-state index in [4.69, 9.17) is 4.74 Å².